The van der Waals surface area contributed by atoms with E-state index in [9.17, 15) is 0 Å². The number of allylic oxidation sites excluding steroid dienone is 1. The monoisotopic (exact) mass is 246 g/mol. The van der Waals surface area contributed by atoms with Crippen molar-refractivity contribution in [1.82, 2.24) is 0 Å². The SMILES string of the molecule is CC.COC(C)(OC)C1=CCC[C@@H]1P(C)C. The molecule has 0 unspecified atom stereocenters. The average Bonchev–Trinajstić information content (AvgIpc) is 2.80. The molecule has 0 aliphatic heterocycles. The van der Waals surface area contributed by atoms with E-state index in [0.717, 1.165) is 0 Å². The van der Waals surface area contributed by atoms with Gasteiger partial charge in [0.25, 0.3) is 0 Å². The highest BCUT2D eigenvalue weighted by Crippen LogP contribution is 2.47. The van der Waals surface area contributed by atoms with Crippen LogP contribution in [0.2, 0.25) is 0 Å². The summed E-state index contributed by atoms with van der Waals surface area (Å²) in [5.41, 5.74) is 2.02. The second-order valence-electron chi connectivity index (χ2n) is 4.07. The summed E-state index contributed by atoms with van der Waals surface area (Å²) in [5.74, 6) is -0.506. The zero-order valence-electron chi connectivity index (χ0n) is 11.8. The fourth-order valence-corrected chi connectivity index (χ4v) is 3.59. The molecule has 96 valence electrons. The molecule has 0 radical (unpaired) electrons. The Bertz CT molecular complexity index is 220. The summed E-state index contributed by atoms with van der Waals surface area (Å²) in [6.45, 7) is 10.7. The van der Waals surface area contributed by atoms with Gasteiger partial charge in [-0.05, 0) is 38.7 Å². The molecule has 0 saturated carbocycles. The van der Waals surface area contributed by atoms with Crippen LogP contribution in [-0.2, 0) is 9.47 Å². The van der Waals surface area contributed by atoms with Crippen LogP contribution < -0.4 is 0 Å². The van der Waals surface area contributed by atoms with Crippen molar-refractivity contribution in [2.24, 2.45) is 0 Å². The minimum Gasteiger partial charge on any atom is -0.350 e. The highest BCUT2D eigenvalue weighted by Gasteiger charge is 2.37. The molecule has 0 aromatic carbocycles. The third-order valence-electron chi connectivity index (χ3n) is 3.09. The van der Waals surface area contributed by atoms with Gasteiger partial charge in [0, 0.05) is 19.9 Å². The molecule has 16 heavy (non-hydrogen) atoms. The van der Waals surface area contributed by atoms with Crippen molar-refractivity contribution in [3.63, 3.8) is 0 Å². The molecular formula is C13H27O2P. The summed E-state index contributed by atoms with van der Waals surface area (Å²) >= 11 is 0. The fraction of sp³-hybridized carbons (Fsp3) is 0.846. The van der Waals surface area contributed by atoms with Gasteiger partial charge in [0.05, 0.1) is 0 Å². The quantitative estimate of drug-likeness (QED) is 0.426. The summed E-state index contributed by atoms with van der Waals surface area (Å²) < 4.78 is 10.9. The molecule has 0 saturated heterocycles. The van der Waals surface area contributed by atoms with Gasteiger partial charge in [0.15, 0.2) is 5.79 Å². The standard InChI is InChI=1S/C11H21O2P.C2H6/c1-11(12-2,13-3)9-7-6-8-10(9)14(4)5;1-2/h7,10H,6,8H2,1-5H3;1-2H3/t10-;/m0./s1. The summed E-state index contributed by atoms with van der Waals surface area (Å²) in [6, 6.07) is 0. The largest absolute Gasteiger partial charge is 0.350 e. The van der Waals surface area contributed by atoms with Crippen LogP contribution in [-0.4, -0.2) is 39.0 Å². The summed E-state index contributed by atoms with van der Waals surface area (Å²) in [6.07, 6.45) is 4.72. The van der Waals surface area contributed by atoms with Gasteiger partial charge in [0.1, 0.15) is 0 Å². The normalized spacial score (nSPS) is 20.5. The van der Waals surface area contributed by atoms with Crippen LogP contribution in [0.4, 0.5) is 0 Å². The third kappa shape index (κ3) is 3.55. The first-order valence-corrected chi connectivity index (χ1v) is 8.33. The van der Waals surface area contributed by atoms with Crippen LogP contribution in [0.5, 0.6) is 0 Å². The van der Waals surface area contributed by atoms with Crippen LogP contribution in [0, 0.1) is 0 Å². The van der Waals surface area contributed by atoms with Crippen molar-refractivity contribution < 1.29 is 9.47 Å². The molecule has 1 rings (SSSR count). The number of rotatable bonds is 4. The van der Waals surface area contributed by atoms with Gasteiger partial charge in [-0.15, -0.1) is 7.92 Å². The van der Waals surface area contributed by atoms with Crippen molar-refractivity contribution in [2.75, 3.05) is 27.5 Å². The first kappa shape index (κ1) is 16.1. The summed E-state index contributed by atoms with van der Waals surface area (Å²) in [4.78, 5) is 0. The first-order valence-electron chi connectivity index (χ1n) is 6.02. The molecule has 2 nitrogen and oxygen atoms in total. The Labute approximate surface area is 102 Å². The van der Waals surface area contributed by atoms with E-state index in [1.54, 1.807) is 14.2 Å². The molecular weight excluding hydrogens is 219 g/mol. The second-order valence-corrected chi connectivity index (χ2v) is 6.62. The topological polar surface area (TPSA) is 18.5 Å². The van der Waals surface area contributed by atoms with Crippen LogP contribution in [0.1, 0.15) is 33.6 Å². The maximum atomic E-state index is 5.47. The van der Waals surface area contributed by atoms with E-state index in [-0.39, 0.29) is 7.92 Å². The number of hydrogen-bond donors (Lipinski definition) is 0. The number of methoxy groups -OCH3 is 2. The van der Waals surface area contributed by atoms with E-state index in [1.807, 2.05) is 20.8 Å². The smallest absolute Gasteiger partial charge is 0.187 e. The number of ether oxygens (including phenoxy) is 2. The Morgan fingerprint density at radius 3 is 2.12 bits per heavy atom. The van der Waals surface area contributed by atoms with E-state index >= 15 is 0 Å². The van der Waals surface area contributed by atoms with Gasteiger partial charge in [0.2, 0.25) is 0 Å². The Morgan fingerprint density at radius 1 is 1.25 bits per heavy atom. The highest BCUT2D eigenvalue weighted by molar-refractivity contribution is 7.57. The molecule has 0 spiro atoms. The molecule has 1 atom stereocenters. The maximum Gasteiger partial charge on any atom is 0.187 e. The van der Waals surface area contributed by atoms with Crippen molar-refractivity contribution in [3.8, 4) is 0 Å². The first-order chi connectivity index (χ1) is 7.55. The molecule has 0 heterocycles. The predicted octanol–water partition coefficient (Wildman–Crippen LogP) is 3.85. The lowest BCUT2D eigenvalue weighted by Crippen LogP contribution is -2.35. The molecule has 0 aromatic heterocycles. The van der Waals surface area contributed by atoms with E-state index in [0.29, 0.717) is 5.66 Å². The van der Waals surface area contributed by atoms with Gasteiger partial charge in [-0.3, -0.25) is 0 Å². The minimum absolute atomic E-state index is 0.0551. The molecule has 0 bridgehead atoms. The van der Waals surface area contributed by atoms with Gasteiger partial charge in [-0.2, -0.15) is 0 Å². The lowest BCUT2D eigenvalue weighted by Gasteiger charge is -2.33. The molecule has 3 heteroatoms. The van der Waals surface area contributed by atoms with Crippen molar-refractivity contribution in [3.05, 3.63) is 11.6 Å². The second kappa shape index (κ2) is 7.42. The van der Waals surface area contributed by atoms with Crippen molar-refractivity contribution >= 4 is 7.92 Å². The molecule has 0 aromatic rings. The lowest BCUT2D eigenvalue weighted by atomic mass is 10.1. The maximum absolute atomic E-state index is 5.47. The van der Waals surface area contributed by atoms with Gasteiger partial charge in [-0.25, -0.2) is 0 Å². The molecule has 0 amide bonds. The van der Waals surface area contributed by atoms with Crippen molar-refractivity contribution in [2.45, 2.75) is 45.1 Å². The summed E-state index contributed by atoms with van der Waals surface area (Å²) in [5, 5.41) is 0. The third-order valence-corrected chi connectivity index (χ3v) is 4.87. The van der Waals surface area contributed by atoms with Gasteiger partial charge >= 0.3 is 0 Å². The fourth-order valence-electron chi connectivity index (χ4n) is 2.03. The van der Waals surface area contributed by atoms with Crippen LogP contribution in [0.3, 0.4) is 0 Å². The Hall–Kier alpha value is 0.0900. The molecule has 1 aliphatic carbocycles. The highest BCUT2D eigenvalue weighted by atomic mass is 31.1. The lowest BCUT2D eigenvalue weighted by molar-refractivity contribution is -0.165. The molecule has 1 aliphatic rings. The van der Waals surface area contributed by atoms with Crippen LogP contribution >= 0.6 is 7.92 Å². The minimum atomic E-state index is -0.506. The van der Waals surface area contributed by atoms with E-state index < -0.39 is 5.79 Å². The zero-order valence-corrected chi connectivity index (χ0v) is 12.7. The average molecular weight is 246 g/mol. The van der Waals surface area contributed by atoms with Crippen LogP contribution in [0.15, 0.2) is 11.6 Å². The van der Waals surface area contributed by atoms with E-state index in [1.165, 1.54) is 18.4 Å². The number of hydrogen-bond acceptors (Lipinski definition) is 2. The summed E-state index contributed by atoms with van der Waals surface area (Å²) in [7, 11) is 3.49. The zero-order chi connectivity index (χ0) is 12.8. The Morgan fingerprint density at radius 2 is 1.75 bits per heavy atom. The molecule has 0 fully saturated rings. The van der Waals surface area contributed by atoms with E-state index in [2.05, 4.69) is 19.4 Å². The van der Waals surface area contributed by atoms with E-state index in [4.69, 9.17) is 9.47 Å². The van der Waals surface area contributed by atoms with Gasteiger partial charge < -0.3 is 9.47 Å². The Balaban J connectivity index is 0.00000106. The van der Waals surface area contributed by atoms with Crippen LogP contribution in [0.25, 0.3) is 0 Å². The van der Waals surface area contributed by atoms with Gasteiger partial charge in [-0.1, -0.05) is 19.9 Å². The molecule has 0 N–H and O–H groups in total. The predicted molar refractivity (Wildman–Crippen MR) is 73.6 cm³/mol. The Kier molecular flexibility index (Phi) is 7.46. The van der Waals surface area contributed by atoms with Crippen molar-refractivity contribution in [1.29, 1.82) is 0 Å².